The summed E-state index contributed by atoms with van der Waals surface area (Å²) in [7, 11) is 0. The van der Waals surface area contributed by atoms with Crippen LogP contribution in [0.1, 0.15) is 22.8 Å². The molecule has 0 unspecified atom stereocenters. The first-order valence-electron chi connectivity index (χ1n) is 12.3. The molecule has 0 aliphatic carbocycles. The normalized spacial score (nSPS) is 10.8. The minimum Gasteiger partial charge on any atom is -0.465 e. The van der Waals surface area contributed by atoms with Crippen molar-refractivity contribution in [3.63, 3.8) is 0 Å². The predicted molar refractivity (Wildman–Crippen MR) is 150 cm³/mol. The number of ether oxygens (including phenoxy) is 2. The largest absolute Gasteiger partial charge is 0.465 e. The van der Waals surface area contributed by atoms with Crippen LogP contribution in [0, 0.1) is 17.1 Å². The Kier molecular flexibility index (Phi) is 7.89. The second-order valence-corrected chi connectivity index (χ2v) is 9.50. The van der Waals surface area contributed by atoms with E-state index in [2.05, 4.69) is 26.0 Å². The number of fused-ring (bicyclic) bond motifs is 1. The highest BCUT2D eigenvalue weighted by Crippen LogP contribution is 2.33. The van der Waals surface area contributed by atoms with E-state index < -0.39 is 17.7 Å². The lowest BCUT2D eigenvalue weighted by molar-refractivity contribution is -0.139. The number of rotatable bonds is 9. The monoisotopic (exact) mass is 568 g/mol. The molecule has 3 N–H and O–H groups in total. The van der Waals surface area contributed by atoms with E-state index >= 15 is 0 Å². The van der Waals surface area contributed by atoms with Crippen molar-refractivity contribution in [3.8, 4) is 40.3 Å². The van der Waals surface area contributed by atoms with Crippen LogP contribution in [0.15, 0.2) is 71.9 Å². The van der Waals surface area contributed by atoms with Crippen molar-refractivity contribution in [2.75, 3.05) is 12.4 Å². The summed E-state index contributed by atoms with van der Waals surface area (Å²) < 4.78 is 24.6. The SMILES string of the molecule is CCOC(=O)CSc1nc(Oc2ccc(-c3nc4ccc(C(N)=O)cc4[nH]3)cc2)c(C#N)c(-c2ccc(F)cc2)n1. The minimum absolute atomic E-state index is 0.0244. The summed E-state index contributed by atoms with van der Waals surface area (Å²) in [5, 5.41) is 10.2. The zero-order valence-electron chi connectivity index (χ0n) is 21.6. The molecular weight excluding hydrogens is 547 g/mol. The zero-order valence-corrected chi connectivity index (χ0v) is 22.4. The van der Waals surface area contributed by atoms with Crippen LogP contribution in [0.3, 0.4) is 0 Å². The van der Waals surface area contributed by atoms with Gasteiger partial charge in [-0.05, 0) is 73.7 Å². The Hall–Kier alpha value is -5.28. The van der Waals surface area contributed by atoms with Crippen LogP contribution < -0.4 is 10.5 Å². The van der Waals surface area contributed by atoms with Crippen LogP contribution >= 0.6 is 11.8 Å². The molecular formula is C29H21FN6O4S. The van der Waals surface area contributed by atoms with Crippen molar-refractivity contribution in [1.29, 1.82) is 5.26 Å². The van der Waals surface area contributed by atoms with Crippen molar-refractivity contribution in [1.82, 2.24) is 19.9 Å². The van der Waals surface area contributed by atoms with Gasteiger partial charge in [-0.15, -0.1) is 0 Å². The van der Waals surface area contributed by atoms with Gasteiger partial charge in [-0.3, -0.25) is 9.59 Å². The number of imidazole rings is 1. The van der Waals surface area contributed by atoms with Gasteiger partial charge in [0.1, 0.15) is 29.0 Å². The number of primary amides is 1. The molecule has 5 rings (SSSR count). The van der Waals surface area contributed by atoms with E-state index in [-0.39, 0.29) is 34.7 Å². The van der Waals surface area contributed by atoms with E-state index in [4.69, 9.17) is 15.2 Å². The van der Waals surface area contributed by atoms with Gasteiger partial charge >= 0.3 is 5.97 Å². The number of nitrogens with two attached hydrogens (primary N) is 1. The van der Waals surface area contributed by atoms with Crippen LogP contribution in [-0.2, 0) is 9.53 Å². The van der Waals surface area contributed by atoms with Crippen molar-refractivity contribution in [2.24, 2.45) is 5.73 Å². The molecule has 0 spiro atoms. The van der Waals surface area contributed by atoms with Crippen molar-refractivity contribution >= 4 is 34.7 Å². The molecule has 0 radical (unpaired) electrons. The quantitative estimate of drug-likeness (QED) is 0.138. The Balaban J connectivity index is 1.46. The highest BCUT2D eigenvalue weighted by Gasteiger charge is 2.20. The predicted octanol–water partition coefficient (Wildman–Crippen LogP) is 5.24. The van der Waals surface area contributed by atoms with Crippen LogP contribution in [0.4, 0.5) is 4.39 Å². The molecule has 0 aliphatic rings. The number of nitriles is 1. The summed E-state index contributed by atoms with van der Waals surface area (Å²) in [5.74, 6) is -0.531. The molecule has 0 atom stereocenters. The van der Waals surface area contributed by atoms with E-state index in [1.54, 1.807) is 49.4 Å². The lowest BCUT2D eigenvalue weighted by Crippen LogP contribution is -2.10. The second-order valence-electron chi connectivity index (χ2n) is 8.56. The van der Waals surface area contributed by atoms with E-state index in [1.807, 2.05) is 0 Å². The summed E-state index contributed by atoms with van der Waals surface area (Å²) in [6.07, 6.45) is 0. The molecule has 0 bridgehead atoms. The van der Waals surface area contributed by atoms with E-state index in [9.17, 15) is 19.2 Å². The van der Waals surface area contributed by atoms with Gasteiger partial charge in [0.2, 0.25) is 11.8 Å². The number of aromatic amines is 1. The minimum atomic E-state index is -0.531. The molecule has 2 aromatic heterocycles. The highest BCUT2D eigenvalue weighted by molar-refractivity contribution is 7.99. The van der Waals surface area contributed by atoms with Crippen LogP contribution in [-0.4, -0.2) is 44.2 Å². The fourth-order valence-corrected chi connectivity index (χ4v) is 4.53. The number of nitrogens with zero attached hydrogens (tertiary/aromatic N) is 4. The van der Waals surface area contributed by atoms with Gasteiger partial charge in [0.25, 0.3) is 0 Å². The van der Waals surface area contributed by atoms with Crippen molar-refractivity contribution < 1.29 is 23.5 Å². The number of nitrogens with one attached hydrogen (secondary N) is 1. The first-order valence-corrected chi connectivity index (χ1v) is 13.3. The average Bonchev–Trinajstić information content (AvgIpc) is 3.40. The van der Waals surface area contributed by atoms with E-state index in [1.165, 1.54) is 24.3 Å². The third-order valence-corrected chi connectivity index (χ3v) is 6.64. The molecule has 12 heteroatoms. The first kappa shape index (κ1) is 27.3. The average molecular weight is 569 g/mol. The fourth-order valence-electron chi connectivity index (χ4n) is 3.89. The van der Waals surface area contributed by atoms with Gasteiger partial charge in [0, 0.05) is 16.7 Å². The van der Waals surface area contributed by atoms with Gasteiger partial charge in [-0.25, -0.2) is 14.4 Å². The molecule has 0 saturated carbocycles. The van der Waals surface area contributed by atoms with Gasteiger partial charge in [-0.2, -0.15) is 10.2 Å². The molecule has 204 valence electrons. The molecule has 41 heavy (non-hydrogen) atoms. The molecule has 0 aliphatic heterocycles. The Morgan fingerprint density at radius 2 is 1.76 bits per heavy atom. The number of halogens is 1. The van der Waals surface area contributed by atoms with Crippen LogP contribution in [0.5, 0.6) is 11.6 Å². The Bertz CT molecular complexity index is 1800. The Morgan fingerprint density at radius 1 is 1.02 bits per heavy atom. The summed E-state index contributed by atoms with van der Waals surface area (Å²) in [4.78, 5) is 40.0. The van der Waals surface area contributed by atoms with Crippen LogP contribution in [0.2, 0.25) is 0 Å². The first-order chi connectivity index (χ1) is 19.8. The van der Waals surface area contributed by atoms with Crippen LogP contribution in [0.25, 0.3) is 33.7 Å². The number of amides is 1. The number of thioether (sulfide) groups is 1. The van der Waals surface area contributed by atoms with Gasteiger partial charge in [-0.1, -0.05) is 11.8 Å². The van der Waals surface area contributed by atoms with E-state index in [0.29, 0.717) is 33.7 Å². The lowest BCUT2D eigenvalue weighted by Gasteiger charge is -2.12. The molecule has 1 amide bonds. The number of esters is 1. The fraction of sp³-hybridized carbons (Fsp3) is 0.103. The third kappa shape index (κ3) is 6.15. The number of carbonyl (C=O) groups is 2. The maximum atomic E-state index is 13.6. The molecule has 0 saturated heterocycles. The molecule has 2 heterocycles. The van der Waals surface area contributed by atoms with Gasteiger partial charge in [0.15, 0.2) is 5.16 Å². The van der Waals surface area contributed by atoms with Crippen molar-refractivity contribution in [3.05, 3.63) is 83.7 Å². The summed E-state index contributed by atoms with van der Waals surface area (Å²) >= 11 is 1.03. The number of carbonyl (C=O) groups excluding carboxylic acids is 2. The second kappa shape index (κ2) is 11.8. The zero-order chi connectivity index (χ0) is 28.9. The molecule has 5 aromatic rings. The number of hydrogen-bond donors (Lipinski definition) is 2. The number of H-pyrrole nitrogens is 1. The maximum absolute atomic E-state index is 13.6. The van der Waals surface area contributed by atoms with E-state index in [0.717, 1.165) is 17.3 Å². The number of benzene rings is 3. The van der Waals surface area contributed by atoms with Crippen molar-refractivity contribution in [2.45, 2.75) is 12.1 Å². The topological polar surface area (TPSA) is 157 Å². The highest BCUT2D eigenvalue weighted by atomic mass is 32.2. The summed E-state index contributed by atoms with van der Waals surface area (Å²) in [6.45, 7) is 1.94. The third-order valence-electron chi connectivity index (χ3n) is 5.82. The Labute approximate surface area is 237 Å². The smallest absolute Gasteiger partial charge is 0.316 e. The molecule has 3 aromatic carbocycles. The molecule has 10 nitrogen and oxygen atoms in total. The summed E-state index contributed by atoms with van der Waals surface area (Å²) in [6, 6.07) is 19.5. The van der Waals surface area contributed by atoms with Gasteiger partial charge < -0.3 is 20.2 Å². The summed E-state index contributed by atoms with van der Waals surface area (Å²) in [5.41, 5.74) is 8.58. The maximum Gasteiger partial charge on any atom is 0.316 e. The number of aromatic nitrogens is 4. The number of hydrogen-bond acceptors (Lipinski definition) is 9. The molecule has 0 fully saturated rings. The lowest BCUT2D eigenvalue weighted by atomic mass is 10.1. The van der Waals surface area contributed by atoms with Gasteiger partial charge in [0.05, 0.1) is 29.1 Å². The standard InChI is InChI=1S/C29H21FN6O4S/c1-2-39-24(37)15-41-29-35-25(16-3-8-19(30)9-4-16)21(14-31)28(36-29)40-20-10-5-17(6-11-20)27-33-22-12-7-18(26(32)38)13-23(22)34-27/h3-13H,2,15H2,1H3,(H2,32,38)(H,33,34). The Morgan fingerprint density at radius 3 is 2.44 bits per heavy atom.